The average Bonchev–Trinajstić information content (AvgIpc) is 2.47. The number of aliphatic hydroxyl groups is 1. The molecule has 2 N–H and O–H groups in total. The van der Waals surface area contributed by atoms with Crippen molar-refractivity contribution >= 4 is 34.0 Å². The minimum Gasteiger partial charge on any atom is -0.395 e. The average molecular weight is 307 g/mol. The van der Waals surface area contributed by atoms with Gasteiger partial charge in [-0.15, -0.1) is 0 Å². The Labute approximate surface area is 126 Å². The lowest BCUT2D eigenvalue weighted by molar-refractivity contribution is -0.382. The second-order valence-electron chi connectivity index (χ2n) is 4.68. The lowest BCUT2D eigenvalue weighted by Gasteiger charge is -2.22. The van der Waals surface area contributed by atoms with Crippen LogP contribution in [0.5, 0.6) is 0 Å². The molecule has 0 spiro atoms. The summed E-state index contributed by atoms with van der Waals surface area (Å²) in [5.74, 6) is 0. The number of aromatic nitrogens is 1. The van der Waals surface area contributed by atoms with Crippen molar-refractivity contribution < 1.29 is 10.0 Å². The predicted octanol–water partition coefficient (Wildman–Crippen LogP) is 2.67. The fraction of sp³-hybridized carbons (Fsp3) is 0.357. The summed E-state index contributed by atoms with van der Waals surface area (Å²) in [6.07, 6.45) is 3.51. The first-order valence-corrected chi connectivity index (χ1v) is 7.79. The topological polar surface area (TPSA) is 88.3 Å². The van der Waals surface area contributed by atoms with E-state index >= 15 is 0 Å². The number of fused-ring (bicyclic) bond motifs is 1. The number of anilines is 1. The van der Waals surface area contributed by atoms with E-state index in [1.165, 1.54) is 11.8 Å². The molecule has 2 atom stereocenters. The Morgan fingerprint density at radius 2 is 2.24 bits per heavy atom. The molecule has 21 heavy (non-hydrogen) atoms. The number of nitrogens with zero attached hydrogens (tertiary/aromatic N) is 2. The quantitative estimate of drug-likeness (QED) is 0.630. The standard InChI is InChI=1S/C14H17N3O3S/c1-9(13(8-18)21-2)16-12-6-5-11-10(4-3-7-15-11)14(12)17(19)20/h3-7,9,13,16,18H,8H2,1-2H3/t9-,13-/m1/s1. The van der Waals surface area contributed by atoms with Crippen LogP contribution in [0.4, 0.5) is 11.4 Å². The highest BCUT2D eigenvalue weighted by Gasteiger charge is 2.22. The van der Waals surface area contributed by atoms with Crippen molar-refractivity contribution in [2.24, 2.45) is 0 Å². The van der Waals surface area contributed by atoms with Crippen LogP contribution in [-0.2, 0) is 0 Å². The number of pyridine rings is 1. The Bertz CT molecular complexity index is 646. The first-order valence-electron chi connectivity index (χ1n) is 6.50. The van der Waals surface area contributed by atoms with Crippen LogP contribution in [0, 0.1) is 10.1 Å². The zero-order valence-electron chi connectivity index (χ0n) is 11.8. The van der Waals surface area contributed by atoms with Crippen LogP contribution in [0.2, 0.25) is 0 Å². The highest BCUT2D eigenvalue weighted by Crippen LogP contribution is 2.33. The Morgan fingerprint density at radius 1 is 1.48 bits per heavy atom. The predicted molar refractivity (Wildman–Crippen MR) is 85.9 cm³/mol. The van der Waals surface area contributed by atoms with Gasteiger partial charge in [0.2, 0.25) is 0 Å². The molecule has 0 saturated heterocycles. The molecule has 0 aliphatic carbocycles. The number of rotatable bonds is 6. The number of benzene rings is 1. The van der Waals surface area contributed by atoms with Gasteiger partial charge < -0.3 is 10.4 Å². The van der Waals surface area contributed by atoms with Gasteiger partial charge in [-0.3, -0.25) is 15.1 Å². The van der Waals surface area contributed by atoms with Gasteiger partial charge in [-0.1, -0.05) is 0 Å². The fourth-order valence-corrected chi connectivity index (χ4v) is 2.85. The number of aliphatic hydroxyl groups excluding tert-OH is 1. The van der Waals surface area contributed by atoms with E-state index in [0.29, 0.717) is 16.6 Å². The van der Waals surface area contributed by atoms with Crippen molar-refractivity contribution in [1.29, 1.82) is 0 Å². The fourth-order valence-electron chi connectivity index (χ4n) is 2.23. The number of nitrogens with one attached hydrogen (secondary N) is 1. The van der Waals surface area contributed by atoms with Gasteiger partial charge in [0.25, 0.3) is 0 Å². The summed E-state index contributed by atoms with van der Waals surface area (Å²) in [6, 6.07) is 6.69. The maximum Gasteiger partial charge on any atom is 0.301 e. The van der Waals surface area contributed by atoms with E-state index in [-0.39, 0.29) is 23.6 Å². The molecule has 1 aromatic heterocycles. The number of thioether (sulfide) groups is 1. The Balaban J connectivity index is 2.44. The third kappa shape index (κ3) is 3.25. The lowest BCUT2D eigenvalue weighted by atomic mass is 10.1. The maximum atomic E-state index is 11.4. The summed E-state index contributed by atoms with van der Waals surface area (Å²) in [5, 5.41) is 24.3. The molecule has 1 heterocycles. The number of nitro groups is 1. The van der Waals surface area contributed by atoms with Crippen LogP contribution >= 0.6 is 11.8 Å². The van der Waals surface area contributed by atoms with E-state index in [9.17, 15) is 15.2 Å². The van der Waals surface area contributed by atoms with Gasteiger partial charge >= 0.3 is 5.69 Å². The summed E-state index contributed by atoms with van der Waals surface area (Å²) in [4.78, 5) is 15.1. The molecule has 112 valence electrons. The molecule has 2 aromatic rings. The highest BCUT2D eigenvalue weighted by molar-refractivity contribution is 7.99. The van der Waals surface area contributed by atoms with Crippen molar-refractivity contribution in [3.63, 3.8) is 0 Å². The molecule has 0 radical (unpaired) electrons. The van der Waals surface area contributed by atoms with E-state index in [1.807, 2.05) is 13.2 Å². The van der Waals surface area contributed by atoms with Crippen LogP contribution < -0.4 is 5.32 Å². The summed E-state index contributed by atoms with van der Waals surface area (Å²) < 4.78 is 0. The van der Waals surface area contributed by atoms with Crippen LogP contribution in [0.25, 0.3) is 10.9 Å². The van der Waals surface area contributed by atoms with E-state index in [1.54, 1.807) is 30.5 Å². The van der Waals surface area contributed by atoms with Gasteiger partial charge in [-0.05, 0) is 37.4 Å². The molecular formula is C14H17N3O3S. The Kier molecular flexibility index (Phi) is 4.98. The normalized spacial score (nSPS) is 13.9. The zero-order chi connectivity index (χ0) is 15.4. The minimum absolute atomic E-state index is 0.0122. The van der Waals surface area contributed by atoms with E-state index < -0.39 is 4.92 Å². The van der Waals surface area contributed by atoms with Gasteiger partial charge in [0.1, 0.15) is 5.69 Å². The minimum atomic E-state index is -0.397. The van der Waals surface area contributed by atoms with Crippen molar-refractivity contribution in [2.45, 2.75) is 18.2 Å². The molecule has 0 amide bonds. The van der Waals surface area contributed by atoms with E-state index in [4.69, 9.17) is 0 Å². The Morgan fingerprint density at radius 3 is 2.86 bits per heavy atom. The number of hydrogen-bond acceptors (Lipinski definition) is 6. The molecule has 1 aromatic carbocycles. The molecule has 7 heteroatoms. The molecule has 0 aliphatic heterocycles. The number of hydrogen-bond donors (Lipinski definition) is 2. The third-order valence-corrected chi connectivity index (χ3v) is 4.53. The van der Waals surface area contributed by atoms with Crippen molar-refractivity contribution in [2.75, 3.05) is 18.2 Å². The second kappa shape index (κ2) is 6.73. The lowest BCUT2D eigenvalue weighted by Crippen LogP contribution is -2.31. The number of nitro benzene ring substituents is 1. The first kappa shape index (κ1) is 15.5. The summed E-state index contributed by atoms with van der Waals surface area (Å²) >= 11 is 1.52. The van der Waals surface area contributed by atoms with Crippen LogP contribution in [0.3, 0.4) is 0 Å². The monoisotopic (exact) mass is 307 g/mol. The van der Waals surface area contributed by atoms with Gasteiger partial charge in [0.15, 0.2) is 0 Å². The molecular weight excluding hydrogens is 290 g/mol. The van der Waals surface area contributed by atoms with E-state index in [2.05, 4.69) is 10.3 Å². The van der Waals surface area contributed by atoms with Gasteiger partial charge in [0.05, 0.1) is 22.4 Å². The van der Waals surface area contributed by atoms with Crippen LogP contribution in [0.1, 0.15) is 6.92 Å². The largest absolute Gasteiger partial charge is 0.395 e. The van der Waals surface area contributed by atoms with Gasteiger partial charge in [-0.2, -0.15) is 11.8 Å². The van der Waals surface area contributed by atoms with Crippen LogP contribution in [0.15, 0.2) is 30.5 Å². The molecule has 0 unspecified atom stereocenters. The first-order chi connectivity index (χ1) is 10.1. The van der Waals surface area contributed by atoms with Crippen molar-refractivity contribution in [3.8, 4) is 0 Å². The molecule has 0 fully saturated rings. The SMILES string of the molecule is CS[C@H](CO)[C@@H](C)Nc1ccc2ncccc2c1[N+](=O)[O-]. The van der Waals surface area contributed by atoms with Gasteiger partial charge in [-0.25, -0.2) is 0 Å². The molecule has 6 nitrogen and oxygen atoms in total. The third-order valence-electron chi connectivity index (χ3n) is 3.36. The van der Waals surface area contributed by atoms with E-state index in [0.717, 1.165) is 0 Å². The maximum absolute atomic E-state index is 11.4. The molecule has 0 saturated carbocycles. The summed E-state index contributed by atoms with van der Waals surface area (Å²) in [7, 11) is 0. The van der Waals surface area contributed by atoms with Gasteiger partial charge in [0, 0.05) is 17.5 Å². The van der Waals surface area contributed by atoms with Crippen molar-refractivity contribution in [1.82, 2.24) is 4.98 Å². The summed E-state index contributed by atoms with van der Waals surface area (Å²) in [6.45, 7) is 1.91. The second-order valence-corrected chi connectivity index (χ2v) is 5.76. The summed E-state index contributed by atoms with van der Waals surface area (Å²) in [5.41, 5.74) is 1.05. The Hall–Kier alpha value is -1.86. The molecule has 0 aliphatic rings. The van der Waals surface area contributed by atoms with Crippen molar-refractivity contribution in [3.05, 3.63) is 40.6 Å². The molecule has 2 rings (SSSR count). The zero-order valence-corrected chi connectivity index (χ0v) is 12.6. The molecule has 0 bridgehead atoms. The highest BCUT2D eigenvalue weighted by atomic mass is 32.2. The smallest absolute Gasteiger partial charge is 0.301 e. The van der Waals surface area contributed by atoms with Crippen LogP contribution in [-0.4, -0.2) is 39.2 Å².